The van der Waals surface area contributed by atoms with Crippen LogP contribution in [0.1, 0.15) is 16.7 Å². The maximum absolute atomic E-state index is 12.7. The molecule has 20 heavy (non-hydrogen) atoms. The first-order valence-electron chi connectivity index (χ1n) is 6.02. The Morgan fingerprint density at radius 1 is 1.10 bits per heavy atom. The third-order valence-corrected chi connectivity index (χ3v) is 3.43. The molecule has 2 rings (SSSR count). The predicted octanol–water partition coefficient (Wildman–Crippen LogP) is 5.39. The van der Waals surface area contributed by atoms with Gasteiger partial charge in [0.2, 0.25) is 0 Å². The lowest BCUT2D eigenvalue weighted by Crippen LogP contribution is -2.07. The fourth-order valence-corrected chi connectivity index (χ4v) is 2.28. The summed E-state index contributed by atoms with van der Waals surface area (Å²) in [4.78, 5) is 0. The van der Waals surface area contributed by atoms with Gasteiger partial charge < -0.3 is 5.32 Å². The van der Waals surface area contributed by atoms with Crippen molar-refractivity contribution in [2.75, 3.05) is 5.32 Å². The Morgan fingerprint density at radius 2 is 1.85 bits per heavy atom. The van der Waals surface area contributed by atoms with E-state index in [4.69, 9.17) is 0 Å². The van der Waals surface area contributed by atoms with Gasteiger partial charge in [0.05, 0.1) is 5.56 Å². The summed E-state index contributed by atoms with van der Waals surface area (Å²) in [5.41, 5.74) is 1.64. The van der Waals surface area contributed by atoms with Gasteiger partial charge in [0, 0.05) is 16.7 Å². The highest BCUT2D eigenvalue weighted by molar-refractivity contribution is 9.10. The van der Waals surface area contributed by atoms with Crippen molar-refractivity contribution in [1.82, 2.24) is 0 Å². The summed E-state index contributed by atoms with van der Waals surface area (Å²) in [5, 5.41) is 3.05. The molecule has 0 heterocycles. The second-order valence-corrected chi connectivity index (χ2v) is 5.43. The summed E-state index contributed by atoms with van der Waals surface area (Å²) in [5.74, 6) is 0. The molecule has 0 atom stereocenters. The van der Waals surface area contributed by atoms with Crippen molar-refractivity contribution in [1.29, 1.82) is 0 Å². The predicted molar refractivity (Wildman–Crippen MR) is 77.6 cm³/mol. The number of hydrogen-bond acceptors (Lipinski definition) is 1. The normalized spacial score (nSPS) is 11.4. The van der Waals surface area contributed by atoms with Crippen molar-refractivity contribution >= 4 is 21.6 Å². The van der Waals surface area contributed by atoms with Crippen LogP contribution in [0.5, 0.6) is 0 Å². The number of rotatable bonds is 3. The fourth-order valence-electron chi connectivity index (χ4n) is 1.83. The first kappa shape index (κ1) is 14.9. The van der Waals surface area contributed by atoms with Crippen molar-refractivity contribution < 1.29 is 13.2 Å². The summed E-state index contributed by atoms with van der Waals surface area (Å²) >= 11 is 3.36. The smallest absolute Gasteiger partial charge is 0.381 e. The standard InChI is InChI=1S/C15H13BrF3N/c1-10-5-6-12(15(17,18)19)8-14(10)20-9-11-3-2-4-13(16)7-11/h2-8,20H,9H2,1H3. The van der Waals surface area contributed by atoms with Gasteiger partial charge in [0.15, 0.2) is 0 Å². The van der Waals surface area contributed by atoms with Crippen molar-refractivity contribution in [2.45, 2.75) is 19.6 Å². The van der Waals surface area contributed by atoms with Crippen LogP contribution in [0.25, 0.3) is 0 Å². The van der Waals surface area contributed by atoms with E-state index in [1.807, 2.05) is 24.3 Å². The van der Waals surface area contributed by atoms with Gasteiger partial charge in [-0.3, -0.25) is 0 Å². The summed E-state index contributed by atoms with van der Waals surface area (Å²) in [6.45, 7) is 2.25. The molecule has 0 saturated carbocycles. The molecular weight excluding hydrogens is 331 g/mol. The molecule has 0 saturated heterocycles. The van der Waals surface area contributed by atoms with E-state index >= 15 is 0 Å². The van der Waals surface area contributed by atoms with Crippen LogP contribution in [0.15, 0.2) is 46.9 Å². The van der Waals surface area contributed by atoms with Gasteiger partial charge in [-0.25, -0.2) is 0 Å². The molecule has 1 nitrogen and oxygen atoms in total. The minimum atomic E-state index is -4.32. The molecule has 0 aromatic heterocycles. The zero-order valence-corrected chi connectivity index (χ0v) is 12.3. The van der Waals surface area contributed by atoms with E-state index in [9.17, 15) is 13.2 Å². The monoisotopic (exact) mass is 343 g/mol. The number of hydrogen-bond donors (Lipinski definition) is 1. The van der Waals surface area contributed by atoms with Gasteiger partial charge in [-0.2, -0.15) is 13.2 Å². The first-order valence-corrected chi connectivity index (χ1v) is 6.82. The van der Waals surface area contributed by atoms with Gasteiger partial charge in [-0.05, 0) is 42.3 Å². The highest BCUT2D eigenvalue weighted by Crippen LogP contribution is 2.32. The van der Waals surface area contributed by atoms with E-state index in [2.05, 4.69) is 21.2 Å². The zero-order chi connectivity index (χ0) is 14.8. The minimum absolute atomic E-state index is 0.474. The van der Waals surface area contributed by atoms with Crippen LogP contribution in [0, 0.1) is 6.92 Å². The minimum Gasteiger partial charge on any atom is -0.381 e. The van der Waals surface area contributed by atoms with E-state index in [1.54, 1.807) is 6.92 Å². The Morgan fingerprint density at radius 3 is 2.50 bits per heavy atom. The molecule has 0 bridgehead atoms. The number of benzene rings is 2. The summed E-state index contributed by atoms with van der Waals surface area (Å²) in [7, 11) is 0. The van der Waals surface area contributed by atoms with Gasteiger partial charge >= 0.3 is 6.18 Å². The van der Waals surface area contributed by atoms with Crippen LogP contribution < -0.4 is 5.32 Å². The van der Waals surface area contributed by atoms with E-state index in [1.165, 1.54) is 6.07 Å². The molecule has 2 aromatic rings. The third kappa shape index (κ3) is 3.76. The molecule has 0 unspecified atom stereocenters. The molecular formula is C15H13BrF3N. The summed E-state index contributed by atoms with van der Waals surface area (Å²) in [6.07, 6.45) is -4.32. The van der Waals surface area contributed by atoms with E-state index in [-0.39, 0.29) is 0 Å². The largest absolute Gasteiger partial charge is 0.416 e. The quantitative estimate of drug-likeness (QED) is 0.787. The molecule has 0 amide bonds. The van der Waals surface area contributed by atoms with Crippen LogP contribution in [0.3, 0.4) is 0 Å². The van der Waals surface area contributed by atoms with Gasteiger partial charge in [0.1, 0.15) is 0 Å². The molecule has 0 fully saturated rings. The van der Waals surface area contributed by atoms with E-state index in [0.29, 0.717) is 12.2 Å². The maximum atomic E-state index is 12.7. The highest BCUT2D eigenvalue weighted by Gasteiger charge is 2.30. The van der Waals surface area contributed by atoms with Crippen molar-refractivity contribution in [3.05, 3.63) is 63.6 Å². The number of anilines is 1. The van der Waals surface area contributed by atoms with Crippen LogP contribution in [0.4, 0.5) is 18.9 Å². The number of halogens is 4. The van der Waals surface area contributed by atoms with E-state index < -0.39 is 11.7 Å². The van der Waals surface area contributed by atoms with Crippen LogP contribution in [0.2, 0.25) is 0 Å². The SMILES string of the molecule is Cc1ccc(C(F)(F)F)cc1NCc1cccc(Br)c1. The molecule has 0 spiro atoms. The topological polar surface area (TPSA) is 12.0 Å². The molecule has 1 N–H and O–H groups in total. The second kappa shape index (κ2) is 5.87. The average molecular weight is 344 g/mol. The Kier molecular flexibility index (Phi) is 4.38. The fraction of sp³-hybridized carbons (Fsp3) is 0.200. The number of alkyl halides is 3. The molecule has 0 aliphatic rings. The van der Waals surface area contributed by atoms with Crippen molar-refractivity contribution in [3.63, 3.8) is 0 Å². The lowest BCUT2D eigenvalue weighted by atomic mass is 10.1. The van der Waals surface area contributed by atoms with Crippen LogP contribution in [-0.4, -0.2) is 0 Å². The first-order chi connectivity index (χ1) is 9.36. The molecule has 0 radical (unpaired) electrons. The number of nitrogens with one attached hydrogen (secondary N) is 1. The molecule has 106 valence electrons. The molecule has 2 aromatic carbocycles. The Balaban J connectivity index is 2.17. The zero-order valence-electron chi connectivity index (χ0n) is 10.8. The summed E-state index contributed by atoms with van der Waals surface area (Å²) in [6, 6.07) is 11.4. The van der Waals surface area contributed by atoms with Gasteiger partial charge in [0.25, 0.3) is 0 Å². The summed E-state index contributed by atoms with van der Waals surface area (Å²) < 4.78 is 39.0. The molecule has 5 heteroatoms. The third-order valence-electron chi connectivity index (χ3n) is 2.94. The van der Waals surface area contributed by atoms with Crippen molar-refractivity contribution in [2.24, 2.45) is 0 Å². The molecule has 0 aliphatic heterocycles. The lowest BCUT2D eigenvalue weighted by Gasteiger charge is -2.13. The lowest BCUT2D eigenvalue weighted by molar-refractivity contribution is -0.137. The average Bonchev–Trinajstić information content (AvgIpc) is 2.36. The highest BCUT2D eigenvalue weighted by atomic mass is 79.9. The maximum Gasteiger partial charge on any atom is 0.416 e. The van der Waals surface area contributed by atoms with Gasteiger partial charge in [-0.1, -0.05) is 34.1 Å². The number of aryl methyl sites for hydroxylation is 1. The Bertz CT molecular complexity index is 608. The van der Waals surface area contributed by atoms with Crippen molar-refractivity contribution in [3.8, 4) is 0 Å². The Labute approximate surface area is 123 Å². The van der Waals surface area contributed by atoms with E-state index in [0.717, 1.165) is 27.7 Å². The van der Waals surface area contributed by atoms with Crippen LogP contribution >= 0.6 is 15.9 Å². The van der Waals surface area contributed by atoms with Gasteiger partial charge in [-0.15, -0.1) is 0 Å². The van der Waals surface area contributed by atoms with Crippen LogP contribution in [-0.2, 0) is 12.7 Å². The molecule has 0 aliphatic carbocycles. The Hall–Kier alpha value is -1.49. The second-order valence-electron chi connectivity index (χ2n) is 4.51.